The molecule has 1 N–H and O–H groups in total. The van der Waals surface area contributed by atoms with Crippen molar-refractivity contribution in [1.29, 1.82) is 0 Å². The molecule has 0 radical (unpaired) electrons. The minimum Gasteiger partial charge on any atom is -0.361 e. The highest BCUT2D eigenvalue weighted by atomic mass is 16.5. The van der Waals surface area contributed by atoms with E-state index in [1.807, 2.05) is 44.2 Å². The first-order chi connectivity index (χ1) is 13.1. The largest absolute Gasteiger partial charge is 0.361 e. The molecule has 0 bridgehead atoms. The van der Waals surface area contributed by atoms with Gasteiger partial charge in [-0.1, -0.05) is 47.6 Å². The number of aryl methyl sites for hydroxylation is 2. The average molecular weight is 357 g/mol. The summed E-state index contributed by atoms with van der Waals surface area (Å²) in [4.78, 5) is 17.0. The number of fused-ring (bicyclic) bond motifs is 1. The molecule has 0 spiro atoms. The Labute approximate surface area is 157 Å². The minimum atomic E-state index is -0.211. The van der Waals surface area contributed by atoms with E-state index in [0.717, 1.165) is 22.2 Å². The van der Waals surface area contributed by atoms with E-state index in [-0.39, 0.29) is 5.91 Å². The van der Waals surface area contributed by atoms with E-state index in [1.165, 1.54) is 5.39 Å². The molecule has 5 heteroatoms. The lowest BCUT2D eigenvalue weighted by atomic mass is 10.1. The summed E-state index contributed by atoms with van der Waals surface area (Å²) in [7, 11) is 0. The highest BCUT2D eigenvalue weighted by Gasteiger charge is 2.15. The maximum Gasteiger partial charge on any atom is 0.270 e. The standard InChI is InChI=1S/C22H19N3O2/c1-14-21(15(2)27-25-14)19-8-5-9-20(24-19)22(26)23-13-16-10-11-17-6-3-4-7-18(17)12-16/h3-12H,13H2,1-2H3,(H,23,26). The number of carbonyl (C=O) groups is 1. The molecule has 4 aromatic rings. The van der Waals surface area contributed by atoms with Crippen molar-refractivity contribution in [1.82, 2.24) is 15.5 Å². The summed E-state index contributed by atoms with van der Waals surface area (Å²) in [5.74, 6) is 0.477. The number of pyridine rings is 1. The zero-order chi connectivity index (χ0) is 18.8. The van der Waals surface area contributed by atoms with Crippen molar-refractivity contribution in [3.8, 4) is 11.3 Å². The topological polar surface area (TPSA) is 68.0 Å². The van der Waals surface area contributed by atoms with Crippen LogP contribution >= 0.6 is 0 Å². The maximum absolute atomic E-state index is 12.6. The summed E-state index contributed by atoms with van der Waals surface area (Å²) in [6.45, 7) is 4.14. The third-order valence-corrected chi connectivity index (χ3v) is 4.54. The number of hydrogen-bond acceptors (Lipinski definition) is 4. The third kappa shape index (κ3) is 3.44. The van der Waals surface area contributed by atoms with Gasteiger partial charge in [0.25, 0.3) is 5.91 Å². The molecule has 134 valence electrons. The van der Waals surface area contributed by atoms with Crippen LogP contribution in [0.25, 0.3) is 22.0 Å². The summed E-state index contributed by atoms with van der Waals surface area (Å²) < 4.78 is 5.20. The number of amides is 1. The van der Waals surface area contributed by atoms with Crippen LogP contribution < -0.4 is 5.32 Å². The molecule has 0 aliphatic heterocycles. The molecule has 0 unspecified atom stereocenters. The highest BCUT2D eigenvalue weighted by molar-refractivity contribution is 5.93. The molecule has 2 heterocycles. The molecule has 0 saturated carbocycles. The molecule has 4 rings (SSSR count). The maximum atomic E-state index is 12.6. The fourth-order valence-corrected chi connectivity index (χ4v) is 3.17. The van der Waals surface area contributed by atoms with Gasteiger partial charge in [-0.3, -0.25) is 4.79 Å². The van der Waals surface area contributed by atoms with Crippen LogP contribution in [-0.2, 0) is 6.54 Å². The average Bonchev–Trinajstić information content (AvgIpc) is 3.04. The number of rotatable bonds is 4. The van der Waals surface area contributed by atoms with Crippen LogP contribution in [0.1, 0.15) is 27.5 Å². The molecule has 2 aromatic heterocycles. The molecular formula is C22H19N3O2. The minimum absolute atomic E-state index is 0.211. The van der Waals surface area contributed by atoms with Gasteiger partial charge in [0.15, 0.2) is 0 Å². The van der Waals surface area contributed by atoms with E-state index in [2.05, 4.69) is 39.7 Å². The zero-order valence-electron chi connectivity index (χ0n) is 15.2. The summed E-state index contributed by atoms with van der Waals surface area (Å²) >= 11 is 0. The van der Waals surface area contributed by atoms with E-state index < -0.39 is 0 Å². The first-order valence-corrected chi connectivity index (χ1v) is 8.78. The quantitative estimate of drug-likeness (QED) is 0.586. The fraction of sp³-hybridized carbons (Fsp3) is 0.136. The van der Waals surface area contributed by atoms with Gasteiger partial charge in [-0.25, -0.2) is 4.98 Å². The zero-order valence-corrected chi connectivity index (χ0v) is 15.2. The monoisotopic (exact) mass is 357 g/mol. The molecule has 0 aliphatic rings. The van der Waals surface area contributed by atoms with E-state index >= 15 is 0 Å². The molecular weight excluding hydrogens is 338 g/mol. The van der Waals surface area contributed by atoms with Crippen molar-refractivity contribution in [2.75, 3.05) is 0 Å². The molecule has 5 nitrogen and oxygen atoms in total. The van der Waals surface area contributed by atoms with Crippen molar-refractivity contribution >= 4 is 16.7 Å². The highest BCUT2D eigenvalue weighted by Crippen LogP contribution is 2.25. The van der Waals surface area contributed by atoms with E-state index in [1.54, 1.807) is 6.07 Å². The van der Waals surface area contributed by atoms with E-state index in [0.29, 0.717) is 23.7 Å². The van der Waals surface area contributed by atoms with Gasteiger partial charge in [0.05, 0.1) is 17.0 Å². The predicted molar refractivity (Wildman–Crippen MR) is 104 cm³/mol. The summed E-state index contributed by atoms with van der Waals surface area (Å²) in [6, 6.07) is 19.7. The van der Waals surface area contributed by atoms with Gasteiger partial charge < -0.3 is 9.84 Å². The second kappa shape index (κ2) is 7.03. The Morgan fingerprint density at radius 2 is 1.81 bits per heavy atom. The summed E-state index contributed by atoms with van der Waals surface area (Å²) in [6.07, 6.45) is 0. The van der Waals surface area contributed by atoms with Gasteiger partial charge in [-0.15, -0.1) is 0 Å². The van der Waals surface area contributed by atoms with Crippen LogP contribution in [0.5, 0.6) is 0 Å². The molecule has 1 amide bonds. The van der Waals surface area contributed by atoms with Crippen LogP contribution in [0.2, 0.25) is 0 Å². The Bertz CT molecular complexity index is 1110. The van der Waals surface area contributed by atoms with Crippen molar-refractivity contribution in [2.24, 2.45) is 0 Å². The normalized spacial score (nSPS) is 10.9. The smallest absolute Gasteiger partial charge is 0.270 e. The van der Waals surface area contributed by atoms with Gasteiger partial charge in [-0.2, -0.15) is 0 Å². The first kappa shape index (κ1) is 17.0. The fourth-order valence-electron chi connectivity index (χ4n) is 3.17. The summed E-state index contributed by atoms with van der Waals surface area (Å²) in [5, 5.41) is 9.23. The van der Waals surface area contributed by atoms with E-state index in [4.69, 9.17) is 4.52 Å². The molecule has 0 saturated heterocycles. The van der Waals surface area contributed by atoms with Gasteiger partial charge in [0.2, 0.25) is 0 Å². The van der Waals surface area contributed by atoms with Crippen molar-refractivity contribution < 1.29 is 9.32 Å². The Morgan fingerprint density at radius 1 is 1.00 bits per heavy atom. The number of benzene rings is 2. The third-order valence-electron chi connectivity index (χ3n) is 4.54. The number of aromatic nitrogens is 2. The van der Waals surface area contributed by atoms with Crippen molar-refractivity contribution in [3.05, 3.63) is 83.4 Å². The number of nitrogens with one attached hydrogen (secondary N) is 1. The summed E-state index contributed by atoms with van der Waals surface area (Å²) in [5.41, 5.74) is 3.69. The Balaban J connectivity index is 1.52. The number of hydrogen-bond donors (Lipinski definition) is 1. The molecule has 2 aromatic carbocycles. The van der Waals surface area contributed by atoms with E-state index in [9.17, 15) is 4.79 Å². The molecule has 27 heavy (non-hydrogen) atoms. The van der Waals surface area contributed by atoms with Crippen LogP contribution in [0.4, 0.5) is 0 Å². The Kier molecular flexibility index (Phi) is 4.42. The second-order valence-corrected chi connectivity index (χ2v) is 6.47. The SMILES string of the molecule is Cc1noc(C)c1-c1cccc(C(=O)NCc2ccc3ccccc3c2)n1. The van der Waals surface area contributed by atoms with Crippen LogP contribution in [0.3, 0.4) is 0 Å². The second-order valence-electron chi connectivity index (χ2n) is 6.47. The van der Waals surface area contributed by atoms with Gasteiger partial charge in [0.1, 0.15) is 11.5 Å². The number of carbonyl (C=O) groups excluding carboxylic acids is 1. The van der Waals surface area contributed by atoms with Gasteiger partial charge in [0, 0.05) is 6.54 Å². The lowest BCUT2D eigenvalue weighted by Crippen LogP contribution is -2.23. The van der Waals surface area contributed by atoms with Crippen LogP contribution in [0, 0.1) is 13.8 Å². The van der Waals surface area contributed by atoms with Gasteiger partial charge in [-0.05, 0) is 48.4 Å². The molecule has 0 aliphatic carbocycles. The van der Waals surface area contributed by atoms with Gasteiger partial charge >= 0.3 is 0 Å². The number of nitrogens with zero attached hydrogens (tertiary/aromatic N) is 2. The van der Waals surface area contributed by atoms with Crippen LogP contribution in [-0.4, -0.2) is 16.0 Å². The molecule has 0 atom stereocenters. The van der Waals surface area contributed by atoms with Crippen LogP contribution in [0.15, 0.2) is 65.2 Å². The lowest BCUT2D eigenvalue weighted by molar-refractivity contribution is 0.0946. The predicted octanol–water partition coefficient (Wildman–Crippen LogP) is 4.44. The molecule has 0 fully saturated rings. The van der Waals surface area contributed by atoms with Crippen molar-refractivity contribution in [2.45, 2.75) is 20.4 Å². The first-order valence-electron chi connectivity index (χ1n) is 8.78. The Morgan fingerprint density at radius 3 is 2.59 bits per heavy atom. The Hall–Kier alpha value is -3.47. The van der Waals surface area contributed by atoms with Crippen molar-refractivity contribution in [3.63, 3.8) is 0 Å². The lowest BCUT2D eigenvalue weighted by Gasteiger charge is -2.07.